The maximum atomic E-state index is 12.0. The zero-order chi connectivity index (χ0) is 15.5. The van der Waals surface area contributed by atoms with Gasteiger partial charge in [0, 0.05) is 39.4 Å². The quantitative estimate of drug-likeness (QED) is 0.773. The monoisotopic (exact) mass is 382 g/mol. The lowest BCUT2D eigenvalue weighted by Crippen LogP contribution is -2.28. The Bertz CT molecular complexity index is 659. The third kappa shape index (κ3) is 4.65. The second kappa shape index (κ2) is 6.79. The molecule has 1 aromatic carbocycles. The van der Waals surface area contributed by atoms with Crippen LogP contribution in [0.1, 0.15) is 15.9 Å². The van der Waals surface area contributed by atoms with Crippen LogP contribution in [0.15, 0.2) is 21.5 Å². The molecule has 6 nitrogen and oxygen atoms in total. The summed E-state index contributed by atoms with van der Waals surface area (Å²) in [4.78, 5) is 11.9. The number of primary sulfonamides is 1. The Hall–Kier alpha value is -0.770. The molecule has 3 N–H and O–H groups in total. The van der Waals surface area contributed by atoms with Gasteiger partial charge in [-0.1, -0.05) is 15.9 Å². The first-order chi connectivity index (χ1) is 9.12. The number of amides is 1. The van der Waals surface area contributed by atoms with E-state index >= 15 is 0 Å². The number of carbonyl (C=O) groups excluding carboxylic acids is 1. The number of nitrogens with one attached hydrogen (secondary N) is 1. The van der Waals surface area contributed by atoms with E-state index in [1.807, 2.05) is 0 Å². The van der Waals surface area contributed by atoms with Gasteiger partial charge in [-0.2, -0.15) is 0 Å². The summed E-state index contributed by atoms with van der Waals surface area (Å²) in [7, 11) is -4.90. The van der Waals surface area contributed by atoms with Gasteiger partial charge in [0.1, 0.15) is 0 Å². The third-order valence-electron chi connectivity index (χ3n) is 2.57. The fourth-order valence-electron chi connectivity index (χ4n) is 1.46. The summed E-state index contributed by atoms with van der Waals surface area (Å²) in [6, 6.07) is 2.58. The molecule has 0 saturated heterocycles. The van der Waals surface area contributed by atoms with E-state index in [1.54, 1.807) is 6.92 Å². The number of halogens is 1. The summed E-state index contributed by atoms with van der Waals surface area (Å²) < 4.78 is 34.1. The van der Waals surface area contributed by atoms with Crippen LogP contribution in [0.25, 0.3) is 0 Å². The number of nitrogens with two attached hydrogens (primary N) is 1. The lowest BCUT2D eigenvalue weighted by Gasteiger charge is -2.10. The minimum atomic E-state index is -3.89. The van der Waals surface area contributed by atoms with E-state index in [2.05, 4.69) is 21.2 Å². The molecule has 0 radical (unpaired) electrons. The fraction of sp³-hybridized carbons (Fsp3) is 0.364. The predicted molar refractivity (Wildman–Crippen MR) is 81.5 cm³/mol. The van der Waals surface area contributed by atoms with Crippen LogP contribution in [0.2, 0.25) is 0 Å². The molecule has 0 bridgehead atoms. The molecule has 1 rings (SSSR count). The topological polar surface area (TPSA) is 106 Å². The van der Waals surface area contributed by atoms with E-state index in [0.717, 1.165) is 0 Å². The van der Waals surface area contributed by atoms with E-state index in [0.29, 0.717) is 15.8 Å². The molecule has 9 heteroatoms. The van der Waals surface area contributed by atoms with Gasteiger partial charge in [-0.05, 0) is 24.6 Å². The second-order valence-corrected chi connectivity index (χ2v) is 8.13. The molecule has 0 heterocycles. The van der Waals surface area contributed by atoms with Crippen LogP contribution < -0.4 is 10.5 Å². The number of sulfonamides is 1. The number of rotatable bonds is 5. The first-order valence-electron chi connectivity index (χ1n) is 5.54. The minimum absolute atomic E-state index is 0.140. The van der Waals surface area contributed by atoms with Crippen molar-refractivity contribution in [3.05, 3.63) is 27.7 Å². The first-order valence-corrected chi connectivity index (χ1v) is 9.60. The van der Waals surface area contributed by atoms with Crippen LogP contribution in [-0.2, 0) is 20.8 Å². The first kappa shape index (κ1) is 17.3. The largest absolute Gasteiger partial charge is 0.351 e. The average Bonchev–Trinajstić information content (AvgIpc) is 2.30. The SMILES string of the molecule is Cc1c(Br)cc(S(N)(=O)=O)cc1C(=O)NCCS(C)=O. The van der Waals surface area contributed by atoms with E-state index in [1.165, 1.54) is 18.4 Å². The maximum absolute atomic E-state index is 12.0. The third-order valence-corrected chi connectivity index (χ3v) is 5.06. The number of hydrogen-bond donors (Lipinski definition) is 2. The van der Waals surface area contributed by atoms with Gasteiger partial charge in [0.2, 0.25) is 10.0 Å². The molecule has 0 aliphatic rings. The molecule has 0 aromatic heterocycles. The Kier molecular flexibility index (Phi) is 5.87. The standard InChI is InChI=1S/C11H15BrN2O4S2/c1-7-9(11(15)14-3-4-19(2)16)5-8(6-10(7)12)20(13,17)18/h5-6H,3-4H2,1-2H3,(H,14,15)(H2,13,17,18). The van der Waals surface area contributed by atoms with Gasteiger partial charge in [0.05, 0.1) is 4.90 Å². The molecule has 1 unspecified atom stereocenters. The summed E-state index contributed by atoms with van der Waals surface area (Å²) in [6.07, 6.45) is 1.54. The molecule has 0 saturated carbocycles. The molecule has 1 amide bonds. The van der Waals surface area contributed by atoms with Crippen molar-refractivity contribution in [3.8, 4) is 0 Å². The van der Waals surface area contributed by atoms with E-state index in [4.69, 9.17) is 5.14 Å². The molecule has 1 atom stereocenters. The van der Waals surface area contributed by atoms with Crippen molar-refractivity contribution < 1.29 is 17.4 Å². The number of carbonyl (C=O) groups is 1. The molecule has 0 aliphatic heterocycles. The predicted octanol–water partition coefficient (Wildman–Crippen LogP) is 0.513. The van der Waals surface area contributed by atoms with Gasteiger partial charge in [-0.25, -0.2) is 13.6 Å². The van der Waals surface area contributed by atoms with E-state index in [-0.39, 0.29) is 17.0 Å². The molecule has 112 valence electrons. The van der Waals surface area contributed by atoms with Crippen molar-refractivity contribution in [1.29, 1.82) is 0 Å². The Balaban J connectivity index is 3.08. The van der Waals surface area contributed by atoms with Crippen LogP contribution in [0.5, 0.6) is 0 Å². The smallest absolute Gasteiger partial charge is 0.251 e. The second-order valence-electron chi connectivity index (χ2n) is 4.16. The zero-order valence-corrected chi connectivity index (χ0v) is 14.2. The van der Waals surface area contributed by atoms with Crippen LogP contribution in [0, 0.1) is 6.92 Å². The Morgan fingerprint density at radius 3 is 2.55 bits per heavy atom. The highest BCUT2D eigenvalue weighted by Crippen LogP contribution is 2.24. The Morgan fingerprint density at radius 1 is 1.45 bits per heavy atom. The molecular weight excluding hydrogens is 368 g/mol. The molecule has 0 spiro atoms. The van der Waals surface area contributed by atoms with Gasteiger partial charge in [0.15, 0.2) is 0 Å². The van der Waals surface area contributed by atoms with Crippen LogP contribution in [-0.4, -0.2) is 37.1 Å². The fourth-order valence-corrected chi connectivity index (χ4v) is 3.02. The summed E-state index contributed by atoms with van der Waals surface area (Å²) in [5, 5.41) is 7.65. The highest BCUT2D eigenvalue weighted by Gasteiger charge is 2.17. The molecular formula is C11H15BrN2O4S2. The van der Waals surface area contributed by atoms with Crippen molar-refractivity contribution in [3.63, 3.8) is 0 Å². The maximum Gasteiger partial charge on any atom is 0.251 e. The summed E-state index contributed by atoms with van der Waals surface area (Å²) in [6.45, 7) is 1.93. The Labute approximate surface area is 128 Å². The van der Waals surface area contributed by atoms with Crippen LogP contribution >= 0.6 is 15.9 Å². The average molecular weight is 383 g/mol. The number of hydrogen-bond acceptors (Lipinski definition) is 4. The zero-order valence-electron chi connectivity index (χ0n) is 11.0. The van der Waals surface area contributed by atoms with Crippen molar-refractivity contribution in [2.24, 2.45) is 5.14 Å². The molecule has 1 aromatic rings. The molecule has 0 aliphatic carbocycles. The van der Waals surface area contributed by atoms with Crippen LogP contribution in [0.3, 0.4) is 0 Å². The lowest BCUT2D eigenvalue weighted by molar-refractivity contribution is 0.0955. The van der Waals surface area contributed by atoms with Crippen molar-refractivity contribution in [2.75, 3.05) is 18.6 Å². The number of benzene rings is 1. The summed E-state index contributed by atoms with van der Waals surface area (Å²) in [5.74, 6) is -0.0972. The highest BCUT2D eigenvalue weighted by molar-refractivity contribution is 9.10. The molecule has 0 fully saturated rings. The van der Waals surface area contributed by atoms with Gasteiger partial charge < -0.3 is 5.32 Å². The molecule has 20 heavy (non-hydrogen) atoms. The summed E-state index contributed by atoms with van der Waals surface area (Å²) >= 11 is 3.20. The van der Waals surface area contributed by atoms with Crippen molar-refractivity contribution in [2.45, 2.75) is 11.8 Å². The van der Waals surface area contributed by atoms with Crippen molar-refractivity contribution >= 4 is 42.7 Å². The van der Waals surface area contributed by atoms with Gasteiger partial charge in [-0.15, -0.1) is 0 Å². The Morgan fingerprint density at radius 2 is 2.05 bits per heavy atom. The van der Waals surface area contributed by atoms with Gasteiger partial charge >= 0.3 is 0 Å². The summed E-state index contributed by atoms with van der Waals surface area (Å²) in [5.41, 5.74) is 0.817. The van der Waals surface area contributed by atoms with Crippen molar-refractivity contribution in [1.82, 2.24) is 5.32 Å². The van der Waals surface area contributed by atoms with Gasteiger partial charge in [-0.3, -0.25) is 9.00 Å². The van der Waals surface area contributed by atoms with Crippen LogP contribution in [0.4, 0.5) is 0 Å². The van der Waals surface area contributed by atoms with E-state index in [9.17, 15) is 17.4 Å². The normalized spacial score (nSPS) is 13.0. The lowest BCUT2D eigenvalue weighted by atomic mass is 10.1. The van der Waals surface area contributed by atoms with Gasteiger partial charge in [0.25, 0.3) is 5.91 Å². The highest BCUT2D eigenvalue weighted by atomic mass is 79.9. The van der Waals surface area contributed by atoms with E-state index < -0.39 is 26.7 Å². The minimum Gasteiger partial charge on any atom is -0.351 e.